The molecule has 28 heavy (non-hydrogen) atoms. The van der Waals surface area contributed by atoms with E-state index in [-0.39, 0.29) is 24.2 Å². The second-order valence-corrected chi connectivity index (χ2v) is 8.46. The molecule has 1 saturated heterocycles. The number of amides is 2. The first-order valence-corrected chi connectivity index (χ1v) is 9.98. The van der Waals surface area contributed by atoms with Crippen LogP contribution in [0, 0.1) is 12.8 Å². The molecule has 6 nitrogen and oxygen atoms in total. The van der Waals surface area contributed by atoms with Crippen LogP contribution in [-0.4, -0.2) is 37.4 Å². The lowest BCUT2D eigenvalue weighted by atomic mass is 10.1. The number of thiazole rings is 1. The first-order chi connectivity index (χ1) is 13.4. The standard InChI is InChI=1S/C21H22N4O2S/c1-13-22-18-11-17(7-8-19(18)28-13)25-12-14(9-20(25)26)21(27)23-15-5-4-6-16(10-15)24(2)3/h4-8,10-11,14H,9,12H2,1-3H3,(H,23,27). The monoisotopic (exact) mass is 394 g/mol. The van der Waals surface area contributed by atoms with Gasteiger partial charge in [-0.05, 0) is 43.3 Å². The minimum absolute atomic E-state index is 0.0338. The van der Waals surface area contributed by atoms with Gasteiger partial charge < -0.3 is 15.1 Å². The van der Waals surface area contributed by atoms with Gasteiger partial charge in [-0.15, -0.1) is 11.3 Å². The van der Waals surface area contributed by atoms with Crippen molar-refractivity contribution in [3.05, 3.63) is 47.5 Å². The summed E-state index contributed by atoms with van der Waals surface area (Å²) >= 11 is 1.63. The summed E-state index contributed by atoms with van der Waals surface area (Å²) in [6, 6.07) is 13.5. The molecule has 7 heteroatoms. The van der Waals surface area contributed by atoms with E-state index >= 15 is 0 Å². The molecule has 1 N–H and O–H groups in total. The van der Waals surface area contributed by atoms with E-state index in [1.807, 2.05) is 68.4 Å². The molecule has 1 aromatic heterocycles. The number of anilines is 3. The number of aromatic nitrogens is 1. The number of carbonyl (C=O) groups is 2. The molecule has 4 rings (SSSR count). The summed E-state index contributed by atoms with van der Waals surface area (Å²) < 4.78 is 1.10. The predicted molar refractivity (Wildman–Crippen MR) is 114 cm³/mol. The van der Waals surface area contributed by atoms with Gasteiger partial charge in [0.1, 0.15) is 0 Å². The number of hydrogen-bond donors (Lipinski definition) is 1. The van der Waals surface area contributed by atoms with Crippen LogP contribution >= 0.6 is 11.3 Å². The second kappa shape index (κ2) is 7.24. The fraction of sp³-hybridized carbons (Fsp3) is 0.286. The maximum Gasteiger partial charge on any atom is 0.229 e. The number of carbonyl (C=O) groups excluding carboxylic acids is 2. The van der Waals surface area contributed by atoms with Crippen molar-refractivity contribution in [3.8, 4) is 0 Å². The average molecular weight is 395 g/mol. The SMILES string of the molecule is Cc1nc2cc(N3CC(C(=O)Nc4cccc(N(C)C)c4)CC3=O)ccc2s1. The summed E-state index contributed by atoms with van der Waals surface area (Å²) in [4.78, 5) is 33.4. The molecule has 1 aliphatic heterocycles. The third-order valence-corrected chi connectivity index (χ3v) is 5.87. The molecule has 144 valence electrons. The third kappa shape index (κ3) is 3.57. The quantitative estimate of drug-likeness (QED) is 0.733. The van der Waals surface area contributed by atoms with Crippen molar-refractivity contribution in [2.24, 2.45) is 5.92 Å². The highest BCUT2D eigenvalue weighted by molar-refractivity contribution is 7.18. The van der Waals surface area contributed by atoms with Crippen LogP contribution in [0.2, 0.25) is 0 Å². The zero-order valence-corrected chi connectivity index (χ0v) is 16.9. The number of nitrogens with zero attached hydrogens (tertiary/aromatic N) is 3. The lowest BCUT2D eigenvalue weighted by molar-refractivity contribution is -0.122. The highest BCUT2D eigenvalue weighted by Gasteiger charge is 2.35. The number of aryl methyl sites for hydroxylation is 1. The average Bonchev–Trinajstić information content (AvgIpc) is 3.23. The molecule has 0 saturated carbocycles. The highest BCUT2D eigenvalue weighted by Crippen LogP contribution is 2.30. The van der Waals surface area contributed by atoms with E-state index in [9.17, 15) is 9.59 Å². The number of rotatable bonds is 4. The fourth-order valence-corrected chi connectivity index (χ4v) is 4.25. The minimum Gasteiger partial charge on any atom is -0.378 e. The highest BCUT2D eigenvalue weighted by atomic mass is 32.1. The van der Waals surface area contributed by atoms with E-state index in [4.69, 9.17) is 0 Å². The van der Waals surface area contributed by atoms with Crippen LogP contribution in [0.1, 0.15) is 11.4 Å². The third-order valence-electron chi connectivity index (χ3n) is 4.92. The van der Waals surface area contributed by atoms with Crippen LogP contribution < -0.4 is 15.1 Å². The molecular weight excluding hydrogens is 372 g/mol. The molecule has 0 bridgehead atoms. The molecule has 0 aliphatic carbocycles. The van der Waals surface area contributed by atoms with Crippen molar-refractivity contribution in [2.75, 3.05) is 35.8 Å². The summed E-state index contributed by atoms with van der Waals surface area (Å²) in [6.07, 6.45) is 0.216. The van der Waals surface area contributed by atoms with Crippen LogP contribution in [0.15, 0.2) is 42.5 Å². The first kappa shape index (κ1) is 18.4. The molecule has 3 aromatic rings. The smallest absolute Gasteiger partial charge is 0.229 e. The molecule has 2 heterocycles. The summed E-state index contributed by atoms with van der Waals surface area (Å²) in [7, 11) is 3.91. The van der Waals surface area contributed by atoms with Crippen LogP contribution in [0.3, 0.4) is 0 Å². The molecule has 1 unspecified atom stereocenters. The fourth-order valence-electron chi connectivity index (χ4n) is 3.44. The van der Waals surface area contributed by atoms with Crippen LogP contribution in [-0.2, 0) is 9.59 Å². The van der Waals surface area contributed by atoms with Crippen molar-refractivity contribution in [1.82, 2.24) is 4.98 Å². The summed E-state index contributed by atoms with van der Waals surface area (Å²) in [5.41, 5.74) is 3.43. The number of fused-ring (bicyclic) bond motifs is 1. The summed E-state index contributed by atoms with van der Waals surface area (Å²) in [5.74, 6) is -0.533. The Hall–Kier alpha value is -2.93. The Balaban J connectivity index is 1.49. The molecule has 1 aliphatic rings. The molecule has 1 atom stereocenters. The number of benzene rings is 2. The zero-order chi connectivity index (χ0) is 19.8. The topological polar surface area (TPSA) is 65.5 Å². The van der Waals surface area contributed by atoms with E-state index in [1.54, 1.807) is 16.2 Å². The first-order valence-electron chi connectivity index (χ1n) is 9.16. The largest absolute Gasteiger partial charge is 0.378 e. The Morgan fingerprint density at radius 2 is 2.07 bits per heavy atom. The molecule has 0 spiro atoms. The van der Waals surface area contributed by atoms with E-state index in [1.165, 1.54) is 0 Å². The lowest BCUT2D eigenvalue weighted by Gasteiger charge is -2.17. The van der Waals surface area contributed by atoms with Gasteiger partial charge in [0.2, 0.25) is 11.8 Å². The van der Waals surface area contributed by atoms with Crippen molar-refractivity contribution < 1.29 is 9.59 Å². The van der Waals surface area contributed by atoms with Gasteiger partial charge in [-0.1, -0.05) is 6.07 Å². The molecule has 0 radical (unpaired) electrons. The normalized spacial score (nSPS) is 16.6. The van der Waals surface area contributed by atoms with Crippen LogP contribution in [0.4, 0.5) is 17.1 Å². The Labute approximate surface area is 167 Å². The van der Waals surface area contributed by atoms with Gasteiger partial charge in [0.25, 0.3) is 0 Å². The van der Waals surface area contributed by atoms with Gasteiger partial charge in [0, 0.05) is 44.1 Å². The second-order valence-electron chi connectivity index (χ2n) is 7.22. The van der Waals surface area contributed by atoms with E-state index < -0.39 is 0 Å². The maximum atomic E-state index is 12.7. The van der Waals surface area contributed by atoms with Gasteiger partial charge in [-0.2, -0.15) is 0 Å². The molecule has 1 fully saturated rings. The maximum absolute atomic E-state index is 12.7. The minimum atomic E-state index is -0.372. The Bertz CT molecular complexity index is 1060. The Morgan fingerprint density at radius 3 is 2.86 bits per heavy atom. The van der Waals surface area contributed by atoms with Gasteiger partial charge in [0.05, 0.1) is 21.1 Å². The Morgan fingerprint density at radius 1 is 1.25 bits per heavy atom. The van der Waals surface area contributed by atoms with E-state index in [0.717, 1.165) is 32.3 Å². The lowest BCUT2D eigenvalue weighted by Crippen LogP contribution is -2.28. The summed E-state index contributed by atoms with van der Waals surface area (Å²) in [6.45, 7) is 2.35. The molecule has 2 aromatic carbocycles. The Kier molecular flexibility index (Phi) is 4.77. The van der Waals surface area contributed by atoms with Gasteiger partial charge in [-0.3, -0.25) is 9.59 Å². The molecular formula is C21H22N4O2S. The zero-order valence-electron chi connectivity index (χ0n) is 16.1. The van der Waals surface area contributed by atoms with Gasteiger partial charge >= 0.3 is 0 Å². The van der Waals surface area contributed by atoms with Crippen LogP contribution in [0.25, 0.3) is 10.2 Å². The predicted octanol–water partition coefficient (Wildman–Crippen LogP) is 3.66. The number of nitrogens with one attached hydrogen (secondary N) is 1. The van der Waals surface area contributed by atoms with Crippen LogP contribution in [0.5, 0.6) is 0 Å². The summed E-state index contributed by atoms with van der Waals surface area (Å²) in [5, 5.41) is 3.95. The van der Waals surface area contributed by atoms with E-state index in [0.29, 0.717) is 6.54 Å². The molecule has 2 amide bonds. The van der Waals surface area contributed by atoms with Gasteiger partial charge in [0.15, 0.2) is 0 Å². The van der Waals surface area contributed by atoms with Crippen molar-refractivity contribution in [3.63, 3.8) is 0 Å². The van der Waals surface area contributed by atoms with Crippen molar-refractivity contribution in [1.29, 1.82) is 0 Å². The van der Waals surface area contributed by atoms with Gasteiger partial charge in [-0.25, -0.2) is 4.98 Å². The van der Waals surface area contributed by atoms with Crippen molar-refractivity contribution >= 4 is 50.4 Å². The van der Waals surface area contributed by atoms with Crippen molar-refractivity contribution in [2.45, 2.75) is 13.3 Å². The number of hydrogen-bond acceptors (Lipinski definition) is 5. The van der Waals surface area contributed by atoms with E-state index in [2.05, 4.69) is 10.3 Å².